The van der Waals surface area contributed by atoms with Crippen LogP contribution in [0.2, 0.25) is 10.0 Å². The van der Waals surface area contributed by atoms with Gasteiger partial charge in [-0.05, 0) is 48.4 Å². The molecular formula is C20H15Cl2N3O2S. The summed E-state index contributed by atoms with van der Waals surface area (Å²) in [6, 6.07) is 15.9. The van der Waals surface area contributed by atoms with Crippen molar-refractivity contribution >= 4 is 52.5 Å². The number of likely N-dealkylation sites (N-methyl/N-ethyl adjacent to an activating group) is 1. The molecule has 1 N–H and O–H groups in total. The first-order valence-corrected chi connectivity index (χ1v) is 9.95. The van der Waals surface area contributed by atoms with Crippen molar-refractivity contribution in [2.24, 2.45) is 0 Å². The number of benzene rings is 2. The molecule has 1 atom stereocenters. The average Bonchev–Trinajstić information content (AvgIpc) is 3.00. The van der Waals surface area contributed by atoms with Crippen LogP contribution in [0, 0.1) is 11.3 Å². The Morgan fingerprint density at radius 2 is 1.71 bits per heavy atom. The Hall–Kier alpha value is -2.46. The lowest BCUT2D eigenvalue weighted by atomic mass is 10.1. The van der Waals surface area contributed by atoms with E-state index in [0.717, 1.165) is 5.56 Å². The molecule has 2 amide bonds. The van der Waals surface area contributed by atoms with Gasteiger partial charge in [-0.15, -0.1) is 0 Å². The predicted molar refractivity (Wildman–Crippen MR) is 112 cm³/mol. The minimum atomic E-state index is -0.538. The highest BCUT2D eigenvalue weighted by Gasteiger charge is 2.40. The second kappa shape index (κ2) is 8.70. The molecule has 0 aromatic heterocycles. The molecule has 1 heterocycles. The number of carbonyl (C=O) groups excluding carboxylic acids is 2. The van der Waals surface area contributed by atoms with Crippen LogP contribution in [0.5, 0.6) is 0 Å². The topological polar surface area (TPSA) is 73.2 Å². The van der Waals surface area contributed by atoms with E-state index in [2.05, 4.69) is 5.32 Å². The van der Waals surface area contributed by atoms with Gasteiger partial charge in [0.1, 0.15) is 16.7 Å². The van der Waals surface area contributed by atoms with Crippen LogP contribution < -0.4 is 10.2 Å². The number of thioether (sulfide) groups is 1. The molecule has 3 rings (SSSR count). The van der Waals surface area contributed by atoms with Gasteiger partial charge >= 0.3 is 0 Å². The van der Waals surface area contributed by atoms with Crippen LogP contribution in [0.1, 0.15) is 5.56 Å². The summed E-state index contributed by atoms with van der Waals surface area (Å²) in [4.78, 5) is 26.8. The normalized spacial score (nSPS) is 18.0. The fourth-order valence-corrected chi connectivity index (χ4v) is 4.33. The second-order valence-corrected chi connectivity index (χ2v) is 8.02. The Labute approximate surface area is 176 Å². The lowest BCUT2D eigenvalue weighted by Gasteiger charge is -2.18. The third kappa shape index (κ3) is 4.17. The Kier molecular flexibility index (Phi) is 6.30. The van der Waals surface area contributed by atoms with E-state index in [1.807, 2.05) is 18.2 Å². The molecule has 2 aromatic carbocycles. The molecule has 1 saturated heterocycles. The van der Waals surface area contributed by atoms with Crippen LogP contribution in [0.15, 0.2) is 59.1 Å². The number of hydrogen-bond donors (Lipinski definition) is 1. The van der Waals surface area contributed by atoms with Crippen LogP contribution in [-0.2, 0) is 16.0 Å². The van der Waals surface area contributed by atoms with Gasteiger partial charge in [-0.25, -0.2) is 0 Å². The van der Waals surface area contributed by atoms with E-state index in [1.54, 1.807) is 36.4 Å². The van der Waals surface area contributed by atoms with Crippen LogP contribution >= 0.6 is 35.0 Å². The highest BCUT2D eigenvalue weighted by atomic mass is 35.5. The van der Waals surface area contributed by atoms with Gasteiger partial charge in [0, 0.05) is 22.8 Å². The third-order valence-corrected chi connectivity index (χ3v) is 5.92. The molecule has 0 aliphatic carbocycles. The Morgan fingerprint density at radius 1 is 1.14 bits per heavy atom. The van der Waals surface area contributed by atoms with Crippen LogP contribution in [0.25, 0.3) is 0 Å². The minimum Gasteiger partial charge on any atom is -0.354 e. The smallest absolute Gasteiger partial charge is 0.264 e. The van der Waals surface area contributed by atoms with E-state index in [4.69, 9.17) is 23.2 Å². The maximum absolute atomic E-state index is 13.2. The van der Waals surface area contributed by atoms with Crippen LogP contribution in [-0.4, -0.2) is 24.1 Å². The molecule has 0 bridgehead atoms. The van der Waals surface area contributed by atoms with Crippen LogP contribution in [0.3, 0.4) is 0 Å². The summed E-state index contributed by atoms with van der Waals surface area (Å²) in [6.07, 6.45) is 0.445. The van der Waals surface area contributed by atoms with Crippen LogP contribution in [0.4, 0.5) is 5.69 Å². The van der Waals surface area contributed by atoms with E-state index in [9.17, 15) is 14.9 Å². The first-order chi connectivity index (χ1) is 13.4. The monoisotopic (exact) mass is 431 g/mol. The molecule has 5 nitrogen and oxygen atoms in total. The average molecular weight is 432 g/mol. The van der Waals surface area contributed by atoms with Crippen molar-refractivity contribution in [3.05, 3.63) is 74.7 Å². The van der Waals surface area contributed by atoms with Gasteiger partial charge < -0.3 is 5.32 Å². The Balaban J connectivity index is 2.03. The standard InChI is InChI=1S/C20H15Cl2N3O2S/c1-24-18(26)16(11-23)20-25(15-8-6-14(22)7-9-15)19(27)17(28-20)10-12-2-4-13(21)5-3-12/h2-9,17H,10H2,1H3,(H,24,26). The zero-order chi connectivity index (χ0) is 20.3. The Bertz CT molecular complexity index is 982. The van der Waals surface area contributed by atoms with Gasteiger partial charge in [-0.1, -0.05) is 47.1 Å². The zero-order valence-corrected chi connectivity index (χ0v) is 17.1. The van der Waals surface area contributed by atoms with E-state index < -0.39 is 11.2 Å². The number of nitrogens with zero attached hydrogens (tertiary/aromatic N) is 2. The molecule has 1 aliphatic heterocycles. The molecule has 1 fully saturated rings. The van der Waals surface area contributed by atoms with Gasteiger partial charge in [0.25, 0.3) is 5.91 Å². The highest BCUT2D eigenvalue weighted by Crippen LogP contribution is 2.42. The quantitative estimate of drug-likeness (QED) is 0.582. The zero-order valence-electron chi connectivity index (χ0n) is 14.8. The maximum Gasteiger partial charge on any atom is 0.264 e. The fourth-order valence-electron chi connectivity index (χ4n) is 2.77. The maximum atomic E-state index is 13.2. The largest absolute Gasteiger partial charge is 0.354 e. The molecule has 0 spiro atoms. The van der Waals surface area contributed by atoms with Crippen molar-refractivity contribution < 1.29 is 9.59 Å². The molecule has 1 aliphatic rings. The summed E-state index contributed by atoms with van der Waals surface area (Å²) in [7, 11) is 1.44. The van der Waals surface area contributed by atoms with Crippen molar-refractivity contribution in [1.82, 2.24) is 5.32 Å². The van der Waals surface area contributed by atoms with Crippen molar-refractivity contribution in [2.75, 3.05) is 11.9 Å². The summed E-state index contributed by atoms with van der Waals surface area (Å²) in [5, 5.41) is 13.0. The molecule has 0 saturated carbocycles. The van der Waals surface area contributed by atoms with E-state index >= 15 is 0 Å². The predicted octanol–water partition coefficient (Wildman–Crippen LogP) is 4.17. The number of rotatable bonds is 4. The summed E-state index contributed by atoms with van der Waals surface area (Å²) in [6.45, 7) is 0. The summed E-state index contributed by atoms with van der Waals surface area (Å²) in [5.74, 6) is -0.738. The first-order valence-electron chi connectivity index (χ1n) is 8.31. The van der Waals surface area contributed by atoms with Gasteiger partial charge in [0.2, 0.25) is 5.91 Å². The second-order valence-electron chi connectivity index (χ2n) is 5.96. The Morgan fingerprint density at radius 3 is 2.25 bits per heavy atom. The first kappa shape index (κ1) is 20.3. The van der Waals surface area contributed by atoms with Crippen molar-refractivity contribution in [2.45, 2.75) is 11.7 Å². The SMILES string of the molecule is CNC(=O)C(C#N)=C1SC(Cc2ccc(Cl)cc2)C(=O)N1c1ccc(Cl)cc1. The van der Waals surface area contributed by atoms with Gasteiger partial charge in [0.05, 0.1) is 5.25 Å². The van der Waals surface area contributed by atoms with Crippen molar-refractivity contribution in [1.29, 1.82) is 5.26 Å². The van der Waals surface area contributed by atoms with E-state index in [-0.39, 0.29) is 11.5 Å². The van der Waals surface area contributed by atoms with Crippen molar-refractivity contribution in [3.63, 3.8) is 0 Å². The number of halogens is 2. The number of amides is 2. The number of nitriles is 1. The molecule has 8 heteroatoms. The lowest BCUT2D eigenvalue weighted by Crippen LogP contribution is -2.31. The molecule has 1 unspecified atom stereocenters. The summed E-state index contributed by atoms with van der Waals surface area (Å²) >= 11 is 13.1. The van der Waals surface area contributed by atoms with Crippen molar-refractivity contribution in [3.8, 4) is 6.07 Å². The molecule has 0 radical (unpaired) electrons. The fraction of sp³-hybridized carbons (Fsp3) is 0.150. The van der Waals surface area contributed by atoms with Gasteiger partial charge in [-0.3, -0.25) is 14.5 Å². The number of hydrogen-bond acceptors (Lipinski definition) is 4. The van der Waals surface area contributed by atoms with E-state index in [0.29, 0.717) is 27.2 Å². The van der Waals surface area contributed by atoms with Gasteiger partial charge in [0.15, 0.2) is 0 Å². The minimum absolute atomic E-state index is 0.102. The number of nitrogens with one attached hydrogen (secondary N) is 1. The number of anilines is 1. The molecule has 28 heavy (non-hydrogen) atoms. The molecule has 2 aromatic rings. The third-order valence-electron chi connectivity index (χ3n) is 4.15. The van der Waals surface area contributed by atoms with E-state index in [1.165, 1.54) is 23.7 Å². The summed E-state index contributed by atoms with van der Waals surface area (Å²) in [5.41, 5.74) is 1.38. The highest BCUT2D eigenvalue weighted by molar-refractivity contribution is 8.05. The van der Waals surface area contributed by atoms with Gasteiger partial charge in [-0.2, -0.15) is 5.26 Å². The summed E-state index contributed by atoms with van der Waals surface area (Å²) < 4.78 is 0. The molecular weight excluding hydrogens is 417 g/mol. The lowest BCUT2D eigenvalue weighted by molar-refractivity contribution is -0.117. The molecule has 142 valence electrons. The number of carbonyl (C=O) groups is 2.